The number of hydrogen-bond donors (Lipinski definition) is 2. The van der Waals surface area contributed by atoms with Crippen LogP contribution in [0.2, 0.25) is 0 Å². The first-order valence-electron chi connectivity index (χ1n) is 9.58. The van der Waals surface area contributed by atoms with Gasteiger partial charge in [0, 0.05) is 25.6 Å². The molecule has 2 aliphatic heterocycles. The molecule has 2 aliphatic rings. The van der Waals surface area contributed by atoms with Gasteiger partial charge in [-0.3, -0.25) is 0 Å². The van der Waals surface area contributed by atoms with Crippen molar-refractivity contribution in [3.05, 3.63) is 35.9 Å². The van der Waals surface area contributed by atoms with Gasteiger partial charge >= 0.3 is 12.1 Å². The third-order valence-electron chi connectivity index (χ3n) is 5.24. The average molecular weight is 452 g/mol. The van der Waals surface area contributed by atoms with E-state index in [1.807, 2.05) is 6.07 Å². The number of carboxylic acids is 1. The predicted molar refractivity (Wildman–Crippen MR) is 104 cm³/mol. The second-order valence-corrected chi connectivity index (χ2v) is 9.38. The number of carbonyl (C=O) groups is 1. The number of likely N-dealkylation sites (tertiary alicyclic amines) is 1. The Kier molecular flexibility index (Phi) is 8.65. The molecule has 0 aliphatic carbocycles. The van der Waals surface area contributed by atoms with E-state index in [9.17, 15) is 21.6 Å². The molecule has 11 heteroatoms. The molecule has 2 heterocycles. The van der Waals surface area contributed by atoms with Crippen molar-refractivity contribution in [1.82, 2.24) is 9.62 Å². The predicted octanol–water partition coefficient (Wildman–Crippen LogP) is 1.75. The van der Waals surface area contributed by atoms with E-state index in [1.54, 1.807) is 0 Å². The maximum atomic E-state index is 11.3. The number of piperidine rings is 1. The molecule has 0 unspecified atom stereocenters. The lowest BCUT2D eigenvalue weighted by molar-refractivity contribution is -0.192. The summed E-state index contributed by atoms with van der Waals surface area (Å²) in [5, 5.41) is 7.12. The summed E-state index contributed by atoms with van der Waals surface area (Å²) in [7, 11) is -3.15. The fraction of sp³-hybridized carbons (Fsp3) is 0.632. The standard InChI is InChI=1S/C17H26N2O3S.C2HF3O2/c1-23(20,21)18-11-17-16-12-19(10-8-15(16)13-22-17)9-7-14-5-3-2-4-6-14;3-2(4,5)1(6)7/h2-6,15-18H,7-13H2,1H3;(H,6,7)/t15-,16-,17+;/m0./s1. The number of hydrogen-bond acceptors (Lipinski definition) is 5. The Hall–Kier alpha value is -1.69. The fourth-order valence-corrected chi connectivity index (χ4v) is 4.15. The van der Waals surface area contributed by atoms with E-state index in [4.69, 9.17) is 14.6 Å². The quantitative estimate of drug-likeness (QED) is 0.683. The lowest BCUT2D eigenvalue weighted by Crippen LogP contribution is -2.45. The minimum absolute atomic E-state index is 0.00857. The first-order chi connectivity index (χ1) is 14.0. The third-order valence-corrected chi connectivity index (χ3v) is 5.93. The summed E-state index contributed by atoms with van der Waals surface area (Å²) < 4.78 is 62.8. The molecule has 0 amide bonds. The van der Waals surface area contributed by atoms with Crippen LogP contribution in [0.1, 0.15) is 12.0 Å². The van der Waals surface area contributed by atoms with Crippen molar-refractivity contribution in [2.24, 2.45) is 11.8 Å². The normalized spacial score (nSPS) is 24.6. The van der Waals surface area contributed by atoms with Gasteiger partial charge in [0.15, 0.2) is 0 Å². The van der Waals surface area contributed by atoms with Gasteiger partial charge in [-0.25, -0.2) is 17.9 Å². The van der Waals surface area contributed by atoms with Crippen LogP contribution in [0.15, 0.2) is 30.3 Å². The van der Waals surface area contributed by atoms with Gasteiger partial charge in [-0.05, 0) is 30.9 Å². The van der Waals surface area contributed by atoms with Crippen molar-refractivity contribution < 1.29 is 36.2 Å². The van der Waals surface area contributed by atoms with E-state index in [0.29, 0.717) is 18.4 Å². The summed E-state index contributed by atoms with van der Waals surface area (Å²) in [6, 6.07) is 10.6. The molecule has 2 fully saturated rings. The maximum Gasteiger partial charge on any atom is 0.490 e. The molecule has 2 N–H and O–H groups in total. The summed E-state index contributed by atoms with van der Waals surface area (Å²) in [4.78, 5) is 11.4. The molecule has 170 valence electrons. The van der Waals surface area contributed by atoms with Crippen LogP contribution in [-0.2, 0) is 26.0 Å². The van der Waals surface area contributed by atoms with Crippen molar-refractivity contribution in [2.75, 3.05) is 39.0 Å². The second-order valence-electron chi connectivity index (χ2n) is 7.54. The molecule has 0 radical (unpaired) electrons. The van der Waals surface area contributed by atoms with Crippen LogP contribution in [0.3, 0.4) is 0 Å². The zero-order chi connectivity index (χ0) is 22.4. The Bertz CT molecular complexity index is 789. The van der Waals surface area contributed by atoms with E-state index in [2.05, 4.69) is 33.9 Å². The summed E-state index contributed by atoms with van der Waals surface area (Å²) >= 11 is 0. The van der Waals surface area contributed by atoms with E-state index >= 15 is 0 Å². The molecule has 7 nitrogen and oxygen atoms in total. The molecular formula is C19H27F3N2O5S. The molecule has 0 spiro atoms. The number of carboxylic acid groups (broad SMARTS) is 1. The van der Waals surface area contributed by atoms with Crippen LogP contribution < -0.4 is 4.72 Å². The molecule has 2 saturated heterocycles. The molecule has 0 bridgehead atoms. The largest absolute Gasteiger partial charge is 0.490 e. The minimum atomic E-state index is -5.08. The lowest BCUT2D eigenvalue weighted by atomic mass is 9.84. The molecule has 3 rings (SSSR count). The zero-order valence-electron chi connectivity index (χ0n) is 16.6. The first-order valence-corrected chi connectivity index (χ1v) is 11.5. The van der Waals surface area contributed by atoms with Crippen LogP contribution in [0.5, 0.6) is 0 Å². The van der Waals surface area contributed by atoms with E-state index < -0.39 is 22.2 Å². The van der Waals surface area contributed by atoms with Crippen LogP contribution in [-0.4, -0.2) is 75.7 Å². The monoisotopic (exact) mass is 452 g/mol. The second kappa shape index (κ2) is 10.6. The van der Waals surface area contributed by atoms with Crippen molar-refractivity contribution in [3.8, 4) is 0 Å². The van der Waals surface area contributed by atoms with Gasteiger partial charge in [0.25, 0.3) is 0 Å². The van der Waals surface area contributed by atoms with Crippen LogP contribution in [0, 0.1) is 11.8 Å². The Balaban J connectivity index is 0.000000396. The van der Waals surface area contributed by atoms with Gasteiger partial charge in [-0.2, -0.15) is 13.2 Å². The van der Waals surface area contributed by atoms with E-state index in [1.165, 1.54) is 11.8 Å². The molecule has 1 aromatic carbocycles. The Labute approximate surface area is 174 Å². The summed E-state index contributed by atoms with van der Waals surface area (Å²) in [5.74, 6) is -1.74. The van der Waals surface area contributed by atoms with Gasteiger partial charge < -0.3 is 14.7 Å². The van der Waals surface area contributed by atoms with Crippen molar-refractivity contribution >= 4 is 16.0 Å². The number of benzene rings is 1. The Morgan fingerprint density at radius 2 is 1.93 bits per heavy atom. The number of ether oxygens (including phenoxy) is 1. The molecule has 1 aromatic rings. The van der Waals surface area contributed by atoms with E-state index in [-0.39, 0.29) is 6.10 Å². The zero-order valence-corrected chi connectivity index (χ0v) is 17.5. The SMILES string of the molecule is CS(=O)(=O)NC[C@H]1OC[C@@H]2CCN(CCc3ccccc3)C[C@@H]21.O=C(O)C(F)(F)F. The number of rotatable bonds is 6. The third kappa shape index (κ3) is 8.21. The Morgan fingerprint density at radius 3 is 2.50 bits per heavy atom. The van der Waals surface area contributed by atoms with Crippen LogP contribution in [0.4, 0.5) is 13.2 Å². The van der Waals surface area contributed by atoms with Crippen molar-refractivity contribution in [3.63, 3.8) is 0 Å². The number of nitrogens with one attached hydrogen (secondary N) is 1. The molecule has 0 saturated carbocycles. The average Bonchev–Trinajstić information content (AvgIpc) is 3.07. The number of aliphatic carboxylic acids is 1. The molecule has 3 atom stereocenters. The lowest BCUT2D eigenvalue weighted by Gasteiger charge is -2.36. The topological polar surface area (TPSA) is 95.9 Å². The number of nitrogens with zero attached hydrogens (tertiary/aromatic N) is 1. The van der Waals surface area contributed by atoms with Gasteiger partial charge in [0.05, 0.1) is 19.0 Å². The van der Waals surface area contributed by atoms with Gasteiger partial charge in [-0.15, -0.1) is 0 Å². The summed E-state index contributed by atoms with van der Waals surface area (Å²) in [6.07, 6.45) is -1.67. The highest BCUT2D eigenvalue weighted by Gasteiger charge is 2.41. The van der Waals surface area contributed by atoms with Crippen molar-refractivity contribution in [2.45, 2.75) is 25.1 Å². The first kappa shape index (κ1) is 24.6. The molecule has 30 heavy (non-hydrogen) atoms. The summed E-state index contributed by atoms with van der Waals surface area (Å²) in [6.45, 7) is 4.34. The highest BCUT2D eigenvalue weighted by molar-refractivity contribution is 7.88. The number of halogens is 3. The molecule has 0 aromatic heterocycles. The fourth-order valence-electron chi connectivity index (χ4n) is 3.68. The number of sulfonamides is 1. The van der Waals surface area contributed by atoms with Gasteiger partial charge in [-0.1, -0.05) is 30.3 Å². The van der Waals surface area contributed by atoms with Gasteiger partial charge in [0.1, 0.15) is 0 Å². The Morgan fingerprint density at radius 1 is 1.30 bits per heavy atom. The van der Waals surface area contributed by atoms with Crippen LogP contribution >= 0.6 is 0 Å². The number of alkyl halides is 3. The highest BCUT2D eigenvalue weighted by Crippen LogP contribution is 2.34. The minimum Gasteiger partial charge on any atom is -0.475 e. The highest BCUT2D eigenvalue weighted by atomic mass is 32.2. The smallest absolute Gasteiger partial charge is 0.475 e. The molecular weight excluding hydrogens is 425 g/mol. The summed E-state index contributed by atoms with van der Waals surface area (Å²) in [5.41, 5.74) is 1.37. The van der Waals surface area contributed by atoms with Crippen molar-refractivity contribution in [1.29, 1.82) is 0 Å². The van der Waals surface area contributed by atoms with Crippen LogP contribution in [0.25, 0.3) is 0 Å². The number of fused-ring (bicyclic) bond motifs is 1. The van der Waals surface area contributed by atoms with Gasteiger partial charge in [0.2, 0.25) is 10.0 Å². The van der Waals surface area contributed by atoms with E-state index in [0.717, 1.165) is 39.1 Å². The maximum absolute atomic E-state index is 11.3.